The van der Waals surface area contributed by atoms with E-state index in [0.717, 1.165) is 17.3 Å². The maximum Gasteiger partial charge on any atom is 0.412 e. The van der Waals surface area contributed by atoms with Crippen molar-refractivity contribution in [3.63, 3.8) is 0 Å². The molecule has 0 saturated heterocycles. The Kier molecular flexibility index (Phi) is 11.0. The molecule has 34 heavy (non-hydrogen) atoms. The van der Waals surface area contributed by atoms with E-state index in [-0.39, 0.29) is 23.2 Å². The number of hydrogen-bond acceptors (Lipinski definition) is 8. The second kappa shape index (κ2) is 13.0. The summed E-state index contributed by atoms with van der Waals surface area (Å²) in [5.74, 6) is 0.884. The van der Waals surface area contributed by atoms with Crippen LogP contribution in [-0.2, 0) is 14.9 Å². The molecule has 2 amide bonds. The van der Waals surface area contributed by atoms with Gasteiger partial charge in [-0.05, 0) is 44.0 Å². The molecule has 0 bridgehead atoms. The van der Waals surface area contributed by atoms with Crippen molar-refractivity contribution < 1.29 is 23.9 Å². The Bertz CT molecular complexity index is 998. The molecule has 0 unspecified atom stereocenters. The minimum atomic E-state index is -0.441. The lowest BCUT2D eigenvalue weighted by Crippen LogP contribution is -2.29. The topological polar surface area (TPSA) is 116 Å². The van der Waals surface area contributed by atoms with E-state index >= 15 is 0 Å². The van der Waals surface area contributed by atoms with Gasteiger partial charge in [0.25, 0.3) is 0 Å². The van der Waals surface area contributed by atoms with Crippen LogP contribution in [0.15, 0.2) is 23.4 Å². The van der Waals surface area contributed by atoms with Crippen molar-refractivity contribution in [1.82, 2.24) is 25.0 Å². The van der Waals surface area contributed by atoms with Crippen LogP contribution in [-0.4, -0.2) is 71.3 Å². The van der Waals surface area contributed by atoms with Crippen LogP contribution in [0.3, 0.4) is 0 Å². The van der Waals surface area contributed by atoms with Crippen LogP contribution in [0.1, 0.15) is 44.6 Å². The van der Waals surface area contributed by atoms with Crippen molar-refractivity contribution in [3.05, 3.63) is 35.2 Å². The number of carbonyl (C=O) groups is 3. The molecule has 2 rings (SSSR count). The molecule has 0 fully saturated rings. The third-order valence-corrected chi connectivity index (χ3v) is 5.23. The molecule has 0 aliphatic rings. The Morgan fingerprint density at radius 1 is 1.15 bits per heavy atom. The van der Waals surface area contributed by atoms with E-state index in [1.54, 1.807) is 27.1 Å². The number of nitrogens with one attached hydrogen (secondary N) is 1. The molecule has 10 nitrogen and oxygen atoms in total. The van der Waals surface area contributed by atoms with Gasteiger partial charge in [-0.25, -0.2) is 14.6 Å². The van der Waals surface area contributed by atoms with Gasteiger partial charge < -0.3 is 19.7 Å². The summed E-state index contributed by atoms with van der Waals surface area (Å²) in [5, 5.41) is 7.05. The molecule has 0 aliphatic heterocycles. The second-order valence-corrected chi connectivity index (χ2v) is 9.48. The third kappa shape index (κ3) is 9.05. The molecule has 0 saturated carbocycles. The molecule has 0 radical (unpaired) electrons. The lowest BCUT2D eigenvalue weighted by atomic mass is 9.96. The molecule has 11 heteroatoms. The van der Waals surface area contributed by atoms with Gasteiger partial charge in [-0.1, -0.05) is 38.6 Å². The van der Waals surface area contributed by atoms with Crippen molar-refractivity contribution >= 4 is 29.9 Å². The molecule has 0 aliphatic carbocycles. The van der Waals surface area contributed by atoms with E-state index in [2.05, 4.69) is 15.4 Å². The summed E-state index contributed by atoms with van der Waals surface area (Å²) < 4.78 is 11.0. The summed E-state index contributed by atoms with van der Waals surface area (Å²) in [4.78, 5) is 40.2. The number of carbonyl (C=O) groups excluding carboxylic acids is 3. The first-order valence-electron chi connectivity index (χ1n) is 10.7. The number of nitrogens with zero attached hydrogens (tertiary/aromatic N) is 4. The fourth-order valence-electron chi connectivity index (χ4n) is 2.28. The number of ether oxygens (including phenoxy) is 2. The number of aromatic nitrogens is 3. The van der Waals surface area contributed by atoms with Crippen molar-refractivity contribution in [2.75, 3.05) is 33.5 Å². The molecule has 1 aromatic heterocycles. The first-order chi connectivity index (χ1) is 15.8. The first kappa shape index (κ1) is 29.0. The second-order valence-electron chi connectivity index (χ2n) is 8.54. The Labute approximate surface area is 205 Å². The lowest BCUT2D eigenvalue weighted by molar-refractivity contribution is -0.139. The maximum atomic E-state index is 12.1. The summed E-state index contributed by atoms with van der Waals surface area (Å²) >= 11 is 1.15. The van der Waals surface area contributed by atoms with Gasteiger partial charge in [-0.2, -0.15) is 4.68 Å². The number of hydrogen-bond donors (Lipinski definition) is 1. The Morgan fingerprint density at radius 2 is 1.79 bits per heavy atom. The molecule has 1 heterocycles. The Morgan fingerprint density at radius 3 is 2.29 bits per heavy atom. The van der Waals surface area contributed by atoms with Gasteiger partial charge in [-0.3, -0.25) is 4.79 Å². The van der Waals surface area contributed by atoms with Crippen LogP contribution in [0.25, 0.3) is 0 Å². The highest BCUT2D eigenvalue weighted by atomic mass is 32.2. The number of thioether (sulfide) groups is 1. The highest BCUT2D eigenvalue weighted by Crippen LogP contribution is 2.23. The predicted octanol–water partition coefficient (Wildman–Crippen LogP) is 3.78. The predicted molar refractivity (Wildman–Crippen MR) is 132 cm³/mol. The Balaban J connectivity index is 0.000000380. The van der Waals surface area contributed by atoms with Crippen molar-refractivity contribution in [1.29, 1.82) is 0 Å². The third-order valence-electron chi connectivity index (χ3n) is 4.33. The van der Waals surface area contributed by atoms with Crippen LogP contribution in [0.5, 0.6) is 5.75 Å². The Hall–Kier alpha value is -3.08. The van der Waals surface area contributed by atoms with Gasteiger partial charge in [0.1, 0.15) is 5.75 Å². The monoisotopic (exact) mass is 493 g/mol. The van der Waals surface area contributed by atoms with Gasteiger partial charge >= 0.3 is 18.1 Å². The van der Waals surface area contributed by atoms with Gasteiger partial charge in [-0.15, -0.1) is 5.10 Å². The van der Waals surface area contributed by atoms with Crippen LogP contribution < -0.4 is 10.1 Å². The average Bonchev–Trinajstić information content (AvgIpc) is 3.19. The highest BCUT2D eigenvalue weighted by molar-refractivity contribution is 7.99. The minimum absolute atomic E-state index is 0.0941. The summed E-state index contributed by atoms with van der Waals surface area (Å²) in [6.07, 6.45) is -0.441. The molecular weight excluding hydrogens is 458 g/mol. The number of benzene rings is 1. The van der Waals surface area contributed by atoms with E-state index < -0.39 is 6.09 Å². The highest BCUT2D eigenvalue weighted by Gasteiger charge is 2.25. The molecule has 188 valence electrons. The SMILES string of the molecule is CCOC(=O)CSc1nc(C(C)(C)C)nn1C(=O)N(C)C.CNC(=O)Oc1ccc(C)c(C)c1. The average molecular weight is 494 g/mol. The number of aryl methyl sites for hydroxylation is 2. The van der Waals surface area contributed by atoms with Crippen LogP contribution in [0.4, 0.5) is 9.59 Å². The zero-order chi connectivity index (χ0) is 26.1. The molecular formula is C23H35N5O5S. The number of rotatable bonds is 5. The van der Waals surface area contributed by atoms with E-state index in [0.29, 0.717) is 23.3 Å². The van der Waals surface area contributed by atoms with Crippen molar-refractivity contribution in [2.24, 2.45) is 0 Å². The first-order valence-corrected chi connectivity index (χ1v) is 11.7. The minimum Gasteiger partial charge on any atom is -0.465 e. The quantitative estimate of drug-likeness (QED) is 0.494. The zero-order valence-corrected chi connectivity index (χ0v) is 22.2. The van der Waals surface area contributed by atoms with E-state index in [1.165, 1.54) is 22.2 Å². The number of esters is 1. The molecule has 0 spiro atoms. The van der Waals surface area contributed by atoms with E-state index in [1.807, 2.05) is 46.8 Å². The normalized spacial score (nSPS) is 10.6. The summed E-state index contributed by atoms with van der Waals surface area (Å²) in [7, 11) is 4.81. The van der Waals surface area contributed by atoms with Crippen molar-refractivity contribution in [2.45, 2.75) is 52.1 Å². The van der Waals surface area contributed by atoms with Crippen LogP contribution in [0.2, 0.25) is 0 Å². The molecule has 1 N–H and O–H groups in total. The van der Waals surface area contributed by atoms with Crippen molar-refractivity contribution in [3.8, 4) is 5.75 Å². The zero-order valence-electron chi connectivity index (χ0n) is 21.4. The standard InChI is InChI=1S/C13H22N4O3S.C10H13NO2/c1-7-20-9(18)8-21-11-14-10(13(2,3)4)15-17(11)12(19)16(5)6;1-7-4-5-9(6-8(7)2)13-10(12)11-3/h7-8H2,1-6H3;4-6H,1-3H3,(H,11,12). The number of amides is 2. The molecule has 1 aromatic carbocycles. The fraction of sp³-hybridized carbons (Fsp3) is 0.522. The van der Waals surface area contributed by atoms with E-state index in [9.17, 15) is 14.4 Å². The molecule has 0 atom stereocenters. The maximum absolute atomic E-state index is 12.1. The largest absolute Gasteiger partial charge is 0.465 e. The summed E-state index contributed by atoms with van der Waals surface area (Å²) in [6, 6.07) is 5.24. The van der Waals surface area contributed by atoms with E-state index in [4.69, 9.17) is 9.47 Å². The lowest BCUT2D eigenvalue weighted by Gasteiger charge is -2.13. The summed E-state index contributed by atoms with van der Waals surface area (Å²) in [5.41, 5.74) is 2.02. The summed E-state index contributed by atoms with van der Waals surface area (Å²) in [6.45, 7) is 12.0. The van der Waals surface area contributed by atoms with Gasteiger partial charge in [0.2, 0.25) is 0 Å². The molecule has 2 aromatic rings. The van der Waals surface area contributed by atoms with Crippen LogP contribution in [0, 0.1) is 13.8 Å². The van der Waals surface area contributed by atoms with Gasteiger partial charge in [0.15, 0.2) is 11.0 Å². The van der Waals surface area contributed by atoms with Crippen LogP contribution >= 0.6 is 11.8 Å². The fourth-order valence-corrected chi connectivity index (χ4v) is 3.01. The van der Waals surface area contributed by atoms with Gasteiger partial charge in [0, 0.05) is 26.6 Å². The smallest absolute Gasteiger partial charge is 0.412 e. The van der Waals surface area contributed by atoms with Gasteiger partial charge in [0.05, 0.1) is 12.4 Å².